The molecular weight excluding hydrogens is 422 g/mol. The van der Waals surface area contributed by atoms with Crippen LogP contribution < -0.4 is 4.72 Å². The Morgan fingerprint density at radius 1 is 0.929 bits per heavy atom. The zero-order valence-electron chi connectivity index (χ0n) is 14.9. The molecule has 9 heteroatoms. The summed E-state index contributed by atoms with van der Waals surface area (Å²) in [7, 11) is -7.82. The lowest BCUT2D eigenvalue weighted by molar-refractivity contribution is 0.486. The van der Waals surface area contributed by atoms with Gasteiger partial charge in [-0.25, -0.2) is 21.6 Å². The van der Waals surface area contributed by atoms with Crippen molar-refractivity contribution >= 4 is 31.5 Å². The van der Waals surface area contributed by atoms with E-state index in [1.807, 2.05) is 6.92 Å². The minimum Gasteiger partial charge on any atom is -0.468 e. The number of nitrogens with one attached hydrogen (secondary N) is 1. The predicted molar refractivity (Wildman–Crippen MR) is 106 cm³/mol. The van der Waals surface area contributed by atoms with Gasteiger partial charge in [0.1, 0.15) is 11.0 Å². The van der Waals surface area contributed by atoms with E-state index in [0.29, 0.717) is 5.02 Å². The number of benzene rings is 2. The van der Waals surface area contributed by atoms with Gasteiger partial charge in [0.25, 0.3) is 0 Å². The maximum Gasteiger partial charge on any atom is 0.240 e. The Morgan fingerprint density at radius 2 is 1.54 bits per heavy atom. The number of aryl methyl sites for hydroxylation is 1. The van der Waals surface area contributed by atoms with Crippen LogP contribution in [0.15, 0.2) is 81.1 Å². The van der Waals surface area contributed by atoms with Gasteiger partial charge >= 0.3 is 0 Å². The fourth-order valence-corrected chi connectivity index (χ4v) is 5.48. The number of furan rings is 1. The lowest BCUT2D eigenvalue weighted by Gasteiger charge is -2.17. The highest BCUT2D eigenvalue weighted by Gasteiger charge is 2.32. The Bertz CT molecular complexity index is 1140. The molecule has 148 valence electrons. The quantitative estimate of drug-likeness (QED) is 0.605. The third-order valence-corrected chi connectivity index (χ3v) is 7.94. The van der Waals surface area contributed by atoms with Crippen LogP contribution in [-0.4, -0.2) is 23.4 Å². The van der Waals surface area contributed by atoms with Gasteiger partial charge in [0.15, 0.2) is 9.84 Å². The van der Waals surface area contributed by atoms with Crippen molar-refractivity contribution < 1.29 is 21.3 Å². The molecule has 28 heavy (non-hydrogen) atoms. The van der Waals surface area contributed by atoms with Gasteiger partial charge in [-0.05, 0) is 55.5 Å². The highest BCUT2D eigenvalue weighted by molar-refractivity contribution is 7.92. The van der Waals surface area contributed by atoms with Crippen molar-refractivity contribution in [3.05, 3.63) is 83.3 Å². The summed E-state index contributed by atoms with van der Waals surface area (Å²) in [6.07, 6.45) is 1.35. The normalized spacial score (nSPS) is 13.4. The Balaban J connectivity index is 1.91. The van der Waals surface area contributed by atoms with Crippen LogP contribution in [0.2, 0.25) is 5.02 Å². The zero-order valence-corrected chi connectivity index (χ0v) is 17.3. The standard InChI is InChI=1S/C19H18ClNO5S2/c1-14-4-8-16(9-5-14)27(22,23)19(18-3-2-12-26-18)13-21-28(24,25)17-10-6-15(20)7-11-17/h2-12,19,21H,13H2,1H3/t19-/m0/s1. The molecule has 0 spiro atoms. The summed E-state index contributed by atoms with van der Waals surface area (Å²) in [4.78, 5) is 0.0769. The Labute approximate surface area is 169 Å². The lowest BCUT2D eigenvalue weighted by Crippen LogP contribution is -2.31. The van der Waals surface area contributed by atoms with E-state index in [0.717, 1.165) is 5.56 Å². The van der Waals surface area contributed by atoms with Gasteiger partial charge in [-0.1, -0.05) is 29.3 Å². The monoisotopic (exact) mass is 439 g/mol. The van der Waals surface area contributed by atoms with Crippen LogP contribution in [0.5, 0.6) is 0 Å². The molecule has 3 rings (SSSR count). The maximum atomic E-state index is 13.1. The fraction of sp³-hybridized carbons (Fsp3) is 0.158. The molecule has 1 aromatic heterocycles. The number of rotatable bonds is 7. The Morgan fingerprint density at radius 3 is 2.11 bits per heavy atom. The van der Waals surface area contributed by atoms with Gasteiger partial charge in [-0.15, -0.1) is 0 Å². The van der Waals surface area contributed by atoms with Gasteiger partial charge in [0.05, 0.1) is 16.1 Å². The Hall–Kier alpha value is -2.13. The summed E-state index contributed by atoms with van der Waals surface area (Å²) in [5.74, 6) is 0.152. The highest BCUT2D eigenvalue weighted by atomic mass is 35.5. The average Bonchev–Trinajstić information content (AvgIpc) is 3.16. The number of halogens is 1. The third kappa shape index (κ3) is 4.47. The summed E-state index contributed by atoms with van der Waals surface area (Å²) < 4.78 is 59.0. The molecule has 0 unspecified atom stereocenters. The molecule has 0 radical (unpaired) electrons. The first-order chi connectivity index (χ1) is 13.2. The van der Waals surface area contributed by atoms with Gasteiger partial charge < -0.3 is 4.42 Å². The minimum absolute atomic E-state index is 0.0113. The van der Waals surface area contributed by atoms with Gasteiger partial charge in [0, 0.05) is 11.6 Å². The molecule has 1 atom stereocenters. The molecule has 0 amide bonds. The van der Waals surface area contributed by atoms with Crippen molar-refractivity contribution in [2.45, 2.75) is 22.0 Å². The van der Waals surface area contributed by atoms with E-state index in [4.69, 9.17) is 16.0 Å². The SMILES string of the molecule is Cc1ccc(S(=O)(=O)[C@@H](CNS(=O)(=O)c2ccc(Cl)cc2)c2ccco2)cc1. The Kier molecular flexibility index (Phi) is 5.95. The molecule has 0 aliphatic heterocycles. The first-order valence-corrected chi connectivity index (χ1v) is 11.7. The second-order valence-electron chi connectivity index (χ2n) is 6.17. The summed E-state index contributed by atoms with van der Waals surface area (Å²) in [6, 6.07) is 15.0. The molecule has 1 N–H and O–H groups in total. The van der Waals surface area contributed by atoms with Crippen LogP contribution >= 0.6 is 11.6 Å². The summed E-state index contributed by atoms with van der Waals surface area (Å²) >= 11 is 5.79. The minimum atomic E-state index is -3.93. The first kappa shape index (κ1) is 20.6. The van der Waals surface area contributed by atoms with Crippen molar-refractivity contribution in [3.8, 4) is 0 Å². The van der Waals surface area contributed by atoms with E-state index < -0.39 is 25.1 Å². The number of sulfonamides is 1. The third-order valence-electron chi connectivity index (χ3n) is 4.17. The molecule has 0 aliphatic carbocycles. The molecule has 0 fully saturated rings. The molecule has 0 bridgehead atoms. The molecule has 2 aromatic carbocycles. The summed E-state index contributed by atoms with van der Waals surface area (Å²) in [6.45, 7) is 1.47. The van der Waals surface area contributed by atoms with Crippen molar-refractivity contribution in [2.24, 2.45) is 0 Å². The van der Waals surface area contributed by atoms with Crippen LogP contribution in [0.4, 0.5) is 0 Å². The molecule has 0 saturated carbocycles. The first-order valence-electron chi connectivity index (χ1n) is 8.29. The lowest BCUT2D eigenvalue weighted by atomic mass is 10.2. The fourth-order valence-electron chi connectivity index (χ4n) is 2.61. The molecule has 0 saturated heterocycles. The maximum absolute atomic E-state index is 13.1. The summed E-state index contributed by atoms with van der Waals surface area (Å²) in [5, 5.41) is -0.818. The summed E-state index contributed by atoms with van der Waals surface area (Å²) in [5.41, 5.74) is 0.914. The molecule has 1 heterocycles. The van der Waals surface area contributed by atoms with Crippen LogP contribution in [0.1, 0.15) is 16.6 Å². The number of hydrogen-bond donors (Lipinski definition) is 1. The van der Waals surface area contributed by atoms with Gasteiger partial charge in [0.2, 0.25) is 10.0 Å². The van der Waals surface area contributed by atoms with Gasteiger partial charge in [-0.3, -0.25) is 0 Å². The van der Waals surface area contributed by atoms with Crippen molar-refractivity contribution in [3.63, 3.8) is 0 Å². The van der Waals surface area contributed by atoms with Crippen LogP contribution in [-0.2, 0) is 19.9 Å². The smallest absolute Gasteiger partial charge is 0.240 e. The second kappa shape index (κ2) is 8.08. The van der Waals surface area contributed by atoms with Crippen LogP contribution in [0, 0.1) is 6.92 Å². The van der Waals surface area contributed by atoms with Gasteiger partial charge in [-0.2, -0.15) is 0 Å². The molecule has 0 aliphatic rings. The van der Waals surface area contributed by atoms with Crippen LogP contribution in [0.25, 0.3) is 0 Å². The second-order valence-corrected chi connectivity index (χ2v) is 10.5. The number of sulfone groups is 1. The molecular formula is C19H18ClNO5S2. The van der Waals surface area contributed by atoms with Crippen molar-refractivity contribution in [1.82, 2.24) is 4.72 Å². The zero-order chi connectivity index (χ0) is 20.4. The molecule has 3 aromatic rings. The highest BCUT2D eigenvalue weighted by Crippen LogP contribution is 2.29. The van der Waals surface area contributed by atoms with E-state index in [2.05, 4.69) is 4.72 Å². The number of hydrogen-bond acceptors (Lipinski definition) is 5. The van der Waals surface area contributed by atoms with E-state index >= 15 is 0 Å². The molecule has 6 nitrogen and oxygen atoms in total. The van der Waals surface area contributed by atoms with E-state index in [9.17, 15) is 16.8 Å². The van der Waals surface area contributed by atoms with Crippen molar-refractivity contribution in [1.29, 1.82) is 0 Å². The van der Waals surface area contributed by atoms with E-state index in [1.54, 1.807) is 18.2 Å². The predicted octanol–water partition coefficient (Wildman–Crippen LogP) is 3.73. The van der Waals surface area contributed by atoms with Crippen LogP contribution in [0.3, 0.4) is 0 Å². The van der Waals surface area contributed by atoms with E-state index in [-0.39, 0.29) is 22.1 Å². The van der Waals surface area contributed by atoms with E-state index in [1.165, 1.54) is 48.7 Å². The average molecular weight is 440 g/mol. The topological polar surface area (TPSA) is 93.5 Å². The largest absolute Gasteiger partial charge is 0.468 e. The van der Waals surface area contributed by atoms with Crippen molar-refractivity contribution in [2.75, 3.05) is 6.54 Å².